The minimum atomic E-state index is -3.50. The molecule has 9 nitrogen and oxygen atoms in total. The van der Waals surface area contributed by atoms with Crippen LogP contribution in [0.2, 0.25) is 5.02 Å². The highest BCUT2D eigenvalue weighted by atomic mass is 35.5. The summed E-state index contributed by atoms with van der Waals surface area (Å²) in [5.41, 5.74) is 2.79. The zero-order chi connectivity index (χ0) is 29.3. The summed E-state index contributed by atoms with van der Waals surface area (Å²) in [6, 6.07) is 14.9. The van der Waals surface area contributed by atoms with E-state index in [1.165, 1.54) is 4.68 Å². The van der Waals surface area contributed by atoms with Crippen LogP contribution in [-0.4, -0.2) is 79.9 Å². The molecule has 3 aromatic rings. The van der Waals surface area contributed by atoms with E-state index in [1.54, 1.807) is 34.8 Å². The van der Waals surface area contributed by atoms with Crippen LogP contribution in [-0.2, 0) is 15.8 Å². The largest absolute Gasteiger partial charge is 0.486 e. The van der Waals surface area contributed by atoms with Gasteiger partial charge in [0.25, 0.3) is 0 Å². The standard InChI is InChI=1S/C30H36ClN5O4S2/c1-30(9-10-30)22-40-28-27(20-32-36(29(28)37)26-4-2-3-24(31)19-26)34-11-13-35(14-12-34)42(38,39)21-23-5-7-25(8-6-23)33-15-17-41-18-16-33/h2-8,19-20H,9-18,21-22H2,1H3. The fourth-order valence-corrected chi connectivity index (χ4v) is 7.92. The van der Waals surface area contributed by atoms with Gasteiger partial charge in [-0.25, -0.2) is 8.42 Å². The maximum absolute atomic E-state index is 13.6. The number of aromatic nitrogens is 2. The van der Waals surface area contributed by atoms with Gasteiger partial charge in [-0.05, 0) is 48.7 Å². The van der Waals surface area contributed by atoms with Gasteiger partial charge in [-0.2, -0.15) is 25.8 Å². The third kappa shape index (κ3) is 6.59. The van der Waals surface area contributed by atoms with Gasteiger partial charge in [0.2, 0.25) is 15.8 Å². The first kappa shape index (κ1) is 29.3. The van der Waals surface area contributed by atoms with E-state index in [9.17, 15) is 13.2 Å². The number of piperazine rings is 1. The molecule has 3 fully saturated rings. The fourth-order valence-electron chi connectivity index (χ4n) is 5.32. The highest BCUT2D eigenvalue weighted by Gasteiger charge is 2.39. The zero-order valence-corrected chi connectivity index (χ0v) is 26.1. The summed E-state index contributed by atoms with van der Waals surface area (Å²) in [4.78, 5) is 18.0. The van der Waals surface area contributed by atoms with E-state index in [0.717, 1.165) is 48.7 Å². The van der Waals surface area contributed by atoms with E-state index in [0.29, 0.717) is 49.2 Å². The second kappa shape index (κ2) is 12.1. The van der Waals surface area contributed by atoms with Gasteiger partial charge in [-0.1, -0.05) is 36.7 Å². The average Bonchev–Trinajstić information content (AvgIpc) is 3.74. The molecule has 0 spiro atoms. The summed E-state index contributed by atoms with van der Waals surface area (Å²) in [5.74, 6) is 2.44. The number of anilines is 2. The van der Waals surface area contributed by atoms with Crippen LogP contribution in [0, 0.1) is 5.41 Å². The molecule has 1 aromatic heterocycles. The quantitative estimate of drug-likeness (QED) is 0.347. The molecule has 6 rings (SSSR count). The number of rotatable bonds is 9. The minimum Gasteiger partial charge on any atom is -0.486 e. The molecule has 0 radical (unpaired) electrons. The van der Waals surface area contributed by atoms with Crippen molar-refractivity contribution in [3.8, 4) is 11.4 Å². The molecule has 224 valence electrons. The Balaban J connectivity index is 1.15. The van der Waals surface area contributed by atoms with E-state index < -0.39 is 10.0 Å². The topological polar surface area (TPSA) is 88.0 Å². The molecule has 1 saturated carbocycles. The van der Waals surface area contributed by atoms with Crippen molar-refractivity contribution in [1.82, 2.24) is 14.1 Å². The normalized spacial score (nSPS) is 19.1. The number of hydrogen-bond acceptors (Lipinski definition) is 8. The van der Waals surface area contributed by atoms with Gasteiger partial charge in [-0.3, -0.25) is 4.79 Å². The van der Waals surface area contributed by atoms with Crippen molar-refractivity contribution < 1.29 is 13.2 Å². The first-order valence-corrected chi connectivity index (χ1v) is 17.5. The minimum absolute atomic E-state index is 0.0344. The molecule has 0 amide bonds. The Kier molecular flexibility index (Phi) is 8.46. The lowest BCUT2D eigenvalue weighted by Crippen LogP contribution is -2.49. The van der Waals surface area contributed by atoms with Gasteiger partial charge in [0.05, 0.1) is 24.2 Å². The number of ether oxygens (including phenoxy) is 1. The van der Waals surface area contributed by atoms with E-state index >= 15 is 0 Å². The molecule has 0 atom stereocenters. The Morgan fingerprint density at radius 3 is 2.33 bits per heavy atom. The molecular formula is C30H36ClN5O4S2. The van der Waals surface area contributed by atoms with Crippen molar-refractivity contribution in [2.45, 2.75) is 25.5 Å². The van der Waals surface area contributed by atoms with Crippen LogP contribution in [0.4, 0.5) is 11.4 Å². The molecule has 0 unspecified atom stereocenters. The van der Waals surface area contributed by atoms with Crippen LogP contribution < -0.4 is 20.1 Å². The fraction of sp³-hybridized carbons (Fsp3) is 0.467. The Bertz CT molecular complexity index is 1580. The zero-order valence-electron chi connectivity index (χ0n) is 23.7. The third-order valence-electron chi connectivity index (χ3n) is 8.27. The van der Waals surface area contributed by atoms with Crippen LogP contribution in [0.5, 0.6) is 5.75 Å². The molecule has 2 aromatic carbocycles. The molecule has 12 heteroatoms. The first-order chi connectivity index (χ1) is 20.2. The maximum Gasteiger partial charge on any atom is 0.316 e. The van der Waals surface area contributed by atoms with E-state index in [4.69, 9.17) is 16.3 Å². The molecule has 0 bridgehead atoms. The molecule has 1 aliphatic carbocycles. The summed E-state index contributed by atoms with van der Waals surface area (Å²) < 4.78 is 35.7. The maximum atomic E-state index is 13.6. The van der Waals surface area contributed by atoms with E-state index in [2.05, 4.69) is 16.9 Å². The van der Waals surface area contributed by atoms with Crippen molar-refractivity contribution in [3.63, 3.8) is 0 Å². The summed E-state index contributed by atoms with van der Waals surface area (Å²) in [6.45, 7) is 6.13. The summed E-state index contributed by atoms with van der Waals surface area (Å²) in [5, 5.41) is 4.94. The third-order valence-corrected chi connectivity index (χ3v) is 11.3. The highest BCUT2D eigenvalue weighted by molar-refractivity contribution is 7.99. The molecule has 2 saturated heterocycles. The second-order valence-corrected chi connectivity index (χ2v) is 15.2. The number of nitrogens with zero attached hydrogens (tertiary/aromatic N) is 5. The number of benzene rings is 2. The monoisotopic (exact) mass is 629 g/mol. The number of halogens is 1. The van der Waals surface area contributed by atoms with Crippen LogP contribution in [0.3, 0.4) is 0 Å². The predicted octanol–water partition coefficient (Wildman–Crippen LogP) is 4.27. The van der Waals surface area contributed by atoms with E-state index in [-0.39, 0.29) is 22.5 Å². The first-order valence-electron chi connectivity index (χ1n) is 14.4. The molecule has 42 heavy (non-hydrogen) atoms. The number of sulfonamides is 1. The molecule has 0 N–H and O–H groups in total. The average molecular weight is 630 g/mol. The predicted molar refractivity (Wildman–Crippen MR) is 170 cm³/mol. The molecule has 2 aliphatic heterocycles. The Hall–Kier alpha value is -2.73. The van der Waals surface area contributed by atoms with Crippen molar-refractivity contribution >= 4 is 44.8 Å². The van der Waals surface area contributed by atoms with Crippen LogP contribution in [0.15, 0.2) is 59.5 Å². The van der Waals surface area contributed by atoms with Gasteiger partial charge in [0.15, 0.2) is 0 Å². The van der Waals surface area contributed by atoms with Crippen molar-refractivity contribution in [2.24, 2.45) is 5.41 Å². The molecular weight excluding hydrogens is 594 g/mol. The lowest BCUT2D eigenvalue weighted by Gasteiger charge is -2.35. The van der Waals surface area contributed by atoms with Crippen LogP contribution in [0.25, 0.3) is 5.69 Å². The smallest absolute Gasteiger partial charge is 0.316 e. The SMILES string of the molecule is CC1(COc2c(N3CCN(S(=O)(=O)Cc4ccc(N5CCSCC5)cc4)CC3)cnn(-c3cccc(Cl)c3)c2=O)CC1. The van der Waals surface area contributed by atoms with Crippen molar-refractivity contribution in [2.75, 3.05) is 67.2 Å². The van der Waals surface area contributed by atoms with E-state index in [1.807, 2.05) is 40.9 Å². The highest BCUT2D eigenvalue weighted by Crippen LogP contribution is 2.45. The molecule has 3 heterocycles. The Morgan fingerprint density at radius 2 is 1.67 bits per heavy atom. The summed E-state index contributed by atoms with van der Waals surface area (Å²) >= 11 is 8.14. The summed E-state index contributed by atoms with van der Waals surface area (Å²) in [6.07, 6.45) is 3.76. The van der Waals surface area contributed by atoms with Crippen molar-refractivity contribution in [3.05, 3.63) is 75.7 Å². The Labute approximate surface area is 256 Å². The van der Waals surface area contributed by atoms with Crippen molar-refractivity contribution in [1.29, 1.82) is 0 Å². The van der Waals surface area contributed by atoms with Gasteiger partial charge in [-0.15, -0.1) is 0 Å². The number of hydrogen-bond donors (Lipinski definition) is 0. The lowest BCUT2D eigenvalue weighted by molar-refractivity contribution is 0.242. The van der Waals surface area contributed by atoms with Crippen LogP contribution >= 0.6 is 23.4 Å². The lowest BCUT2D eigenvalue weighted by atomic mass is 10.2. The summed E-state index contributed by atoms with van der Waals surface area (Å²) in [7, 11) is -3.50. The van der Waals surface area contributed by atoms with Gasteiger partial charge < -0.3 is 14.5 Å². The number of thioether (sulfide) groups is 1. The molecule has 3 aliphatic rings. The van der Waals surface area contributed by atoms with Gasteiger partial charge >= 0.3 is 5.56 Å². The van der Waals surface area contributed by atoms with Gasteiger partial charge in [0, 0.05) is 66.9 Å². The Morgan fingerprint density at radius 1 is 0.952 bits per heavy atom. The van der Waals surface area contributed by atoms with Crippen LogP contribution in [0.1, 0.15) is 25.3 Å². The van der Waals surface area contributed by atoms with Gasteiger partial charge in [0.1, 0.15) is 5.69 Å². The second-order valence-electron chi connectivity index (χ2n) is 11.6.